The fourth-order valence-electron chi connectivity index (χ4n) is 7.50. The minimum atomic E-state index is 0.865. The maximum atomic E-state index is 6.75. The van der Waals surface area contributed by atoms with Crippen LogP contribution >= 0.6 is 0 Å². The SMILES string of the molecule is c1ccc(-c2ccc3oc4c(N(c5ccc(-c6ccc7ccccc7c6)cc5)c5ccc6ccc7ccccc7c6c5)cccc4c3c2)cc1. The molecule has 0 bridgehead atoms. The summed E-state index contributed by atoms with van der Waals surface area (Å²) in [6.07, 6.45) is 0. The molecule has 0 aliphatic rings. The first-order chi connectivity index (χ1) is 24.8. The summed E-state index contributed by atoms with van der Waals surface area (Å²) in [7, 11) is 0. The normalized spacial score (nSPS) is 11.6. The van der Waals surface area contributed by atoms with Crippen LogP contribution in [0.2, 0.25) is 0 Å². The van der Waals surface area contributed by atoms with Gasteiger partial charge in [-0.3, -0.25) is 0 Å². The monoisotopic (exact) mass is 637 g/mol. The van der Waals surface area contributed by atoms with E-state index in [2.05, 4.69) is 193 Å². The van der Waals surface area contributed by atoms with Crippen LogP contribution in [-0.2, 0) is 0 Å². The third kappa shape index (κ3) is 4.73. The predicted molar refractivity (Wildman–Crippen MR) is 212 cm³/mol. The van der Waals surface area contributed by atoms with E-state index >= 15 is 0 Å². The summed E-state index contributed by atoms with van der Waals surface area (Å²) in [5, 5.41) is 9.62. The molecule has 0 radical (unpaired) electrons. The minimum absolute atomic E-state index is 0.865. The van der Waals surface area contributed by atoms with Gasteiger partial charge in [-0.05, 0) is 103 Å². The van der Waals surface area contributed by atoms with Gasteiger partial charge >= 0.3 is 0 Å². The van der Waals surface area contributed by atoms with Crippen molar-refractivity contribution in [2.24, 2.45) is 0 Å². The number of rotatable bonds is 5. The van der Waals surface area contributed by atoms with Crippen molar-refractivity contribution in [3.8, 4) is 22.3 Å². The van der Waals surface area contributed by atoms with Crippen molar-refractivity contribution in [1.29, 1.82) is 0 Å². The van der Waals surface area contributed by atoms with Gasteiger partial charge in [-0.15, -0.1) is 0 Å². The van der Waals surface area contributed by atoms with Crippen molar-refractivity contribution >= 4 is 71.3 Å². The number of fused-ring (bicyclic) bond motifs is 7. The Morgan fingerprint density at radius 1 is 0.320 bits per heavy atom. The summed E-state index contributed by atoms with van der Waals surface area (Å²) in [6.45, 7) is 0. The zero-order valence-corrected chi connectivity index (χ0v) is 27.3. The van der Waals surface area contributed by atoms with E-state index in [0.29, 0.717) is 0 Å². The first-order valence-corrected chi connectivity index (χ1v) is 17.1. The number of hydrogen-bond donors (Lipinski definition) is 0. The molecule has 50 heavy (non-hydrogen) atoms. The Bertz CT molecular complexity index is 2870. The topological polar surface area (TPSA) is 16.4 Å². The Morgan fingerprint density at radius 3 is 1.78 bits per heavy atom. The summed E-state index contributed by atoms with van der Waals surface area (Å²) in [5.74, 6) is 0. The van der Waals surface area contributed by atoms with E-state index in [9.17, 15) is 0 Å². The lowest BCUT2D eigenvalue weighted by atomic mass is 9.99. The Kier molecular flexibility index (Phi) is 6.53. The van der Waals surface area contributed by atoms with Crippen molar-refractivity contribution in [3.63, 3.8) is 0 Å². The van der Waals surface area contributed by atoms with Gasteiger partial charge in [0, 0.05) is 22.1 Å². The smallest absolute Gasteiger partial charge is 0.159 e. The second kappa shape index (κ2) is 11.5. The zero-order valence-electron chi connectivity index (χ0n) is 27.3. The molecule has 10 rings (SSSR count). The van der Waals surface area contributed by atoms with Crippen LogP contribution in [-0.4, -0.2) is 0 Å². The molecule has 1 heterocycles. The van der Waals surface area contributed by atoms with Gasteiger partial charge in [0.2, 0.25) is 0 Å². The maximum Gasteiger partial charge on any atom is 0.159 e. The molecule has 0 unspecified atom stereocenters. The van der Waals surface area contributed by atoms with Crippen molar-refractivity contribution in [2.75, 3.05) is 4.90 Å². The first-order valence-electron chi connectivity index (χ1n) is 17.1. The van der Waals surface area contributed by atoms with Gasteiger partial charge < -0.3 is 9.32 Å². The molecule has 10 aromatic rings. The molecule has 9 aromatic carbocycles. The standard InChI is InChI=1S/C48H31NO/c1-2-9-32(10-3-1)39-24-28-47-45(30-39)43-15-8-16-46(48(43)50-47)49(41-27-23-36-19-18-35-12-6-7-14-42(35)44(36)31-41)40-25-21-34(22-26-40)38-20-17-33-11-4-5-13-37(33)29-38/h1-31H. The van der Waals surface area contributed by atoms with E-state index in [4.69, 9.17) is 4.42 Å². The Morgan fingerprint density at radius 2 is 0.920 bits per heavy atom. The van der Waals surface area contributed by atoms with Crippen LogP contribution in [0.1, 0.15) is 0 Å². The highest BCUT2D eigenvalue weighted by Crippen LogP contribution is 2.44. The van der Waals surface area contributed by atoms with Crippen molar-refractivity contribution in [1.82, 2.24) is 0 Å². The molecule has 2 heteroatoms. The molecule has 0 fully saturated rings. The lowest BCUT2D eigenvalue weighted by molar-refractivity contribution is 0.669. The summed E-state index contributed by atoms with van der Waals surface area (Å²) in [5.41, 5.74) is 9.62. The van der Waals surface area contributed by atoms with Crippen LogP contribution in [0, 0.1) is 0 Å². The van der Waals surface area contributed by atoms with Gasteiger partial charge in [0.15, 0.2) is 5.58 Å². The summed E-state index contributed by atoms with van der Waals surface area (Å²) < 4.78 is 6.75. The van der Waals surface area contributed by atoms with E-state index in [1.54, 1.807) is 0 Å². The molecule has 0 aliphatic carbocycles. The van der Waals surface area contributed by atoms with E-state index in [0.717, 1.165) is 39.0 Å². The fraction of sp³-hybridized carbons (Fsp3) is 0. The lowest BCUT2D eigenvalue weighted by Gasteiger charge is -2.26. The molecule has 234 valence electrons. The van der Waals surface area contributed by atoms with Crippen LogP contribution in [0.3, 0.4) is 0 Å². The van der Waals surface area contributed by atoms with Crippen molar-refractivity contribution in [2.45, 2.75) is 0 Å². The third-order valence-corrected chi connectivity index (χ3v) is 10.0. The number of para-hydroxylation sites is 1. The van der Waals surface area contributed by atoms with Gasteiger partial charge in [0.1, 0.15) is 5.58 Å². The molecule has 0 atom stereocenters. The number of benzene rings is 9. The van der Waals surface area contributed by atoms with Crippen LogP contribution in [0.25, 0.3) is 76.5 Å². The number of anilines is 3. The Balaban J connectivity index is 1.17. The molecule has 2 nitrogen and oxygen atoms in total. The van der Waals surface area contributed by atoms with E-state index in [1.807, 2.05) is 0 Å². The quantitative estimate of drug-likeness (QED) is 0.175. The largest absolute Gasteiger partial charge is 0.454 e. The average Bonchev–Trinajstić information content (AvgIpc) is 3.57. The van der Waals surface area contributed by atoms with Gasteiger partial charge in [-0.25, -0.2) is 0 Å². The number of nitrogens with zero attached hydrogens (tertiary/aromatic N) is 1. The van der Waals surface area contributed by atoms with Crippen LogP contribution in [0.4, 0.5) is 17.1 Å². The summed E-state index contributed by atoms with van der Waals surface area (Å²) in [6, 6.07) is 67.5. The van der Waals surface area contributed by atoms with Crippen LogP contribution < -0.4 is 4.90 Å². The second-order valence-electron chi connectivity index (χ2n) is 13.0. The van der Waals surface area contributed by atoms with Gasteiger partial charge in [-0.1, -0.05) is 140 Å². The van der Waals surface area contributed by atoms with Crippen LogP contribution in [0.5, 0.6) is 0 Å². The summed E-state index contributed by atoms with van der Waals surface area (Å²) in [4.78, 5) is 2.34. The molecule has 0 saturated carbocycles. The first kappa shape index (κ1) is 28.4. The van der Waals surface area contributed by atoms with E-state index < -0.39 is 0 Å². The molecule has 0 spiro atoms. The number of furan rings is 1. The molecule has 0 amide bonds. The minimum Gasteiger partial charge on any atom is -0.454 e. The molecule has 0 N–H and O–H groups in total. The fourth-order valence-corrected chi connectivity index (χ4v) is 7.50. The maximum absolute atomic E-state index is 6.75. The summed E-state index contributed by atoms with van der Waals surface area (Å²) >= 11 is 0. The van der Waals surface area contributed by atoms with Gasteiger partial charge in [-0.2, -0.15) is 0 Å². The second-order valence-corrected chi connectivity index (χ2v) is 13.0. The predicted octanol–water partition coefficient (Wildman–Crippen LogP) is 13.8. The number of hydrogen-bond acceptors (Lipinski definition) is 2. The average molecular weight is 638 g/mol. The Hall–Kier alpha value is -6.64. The van der Waals surface area contributed by atoms with Gasteiger partial charge in [0.25, 0.3) is 0 Å². The van der Waals surface area contributed by atoms with Crippen molar-refractivity contribution < 1.29 is 4.42 Å². The van der Waals surface area contributed by atoms with Crippen molar-refractivity contribution in [3.05, 3.63) is 188 Å². The van der Waals surface area contributed by atoms with E-state index in [-0.39, 0.29) is 0 Å². The Labute approximate surface area is 290 Å². The highest BCUT2D eigenvalue weighted by molar-refractivity contribution is 6.12. The van der Waals surface area contributed by atoms with Gasteiger partial charge in [0.05, 0.1) is 5.69 Å². The molecule has 0 saturated heterocycles. The van der Waals surface area contributed by atoms with E-state index in [1.165, 1.54) is 54.6 Å². The highest BCUT2D eigenvalue weighted by Gasteiger charge is 2.20. The zero-order chi connectivity index (χ0) is 33.0. The molecular formula is C48H31NO. The molecule has 0 aliphatic heterocycles. The molecular weight excluding hydrogens is 607 g/mol. The third-order valence-electron chi connectivity index (χ3n) is 10.0. The molecule has 1 aromatic heterocycles. The van der Waals surface area contributed by atoms with Crippen LogP contribution in [0.15, 0.2) is 192 Å². The highest BCUT2D eigenvalue weighted by atomic mass is 16.3. The lowest BCUT2D eigenvalue weighted by Crippen LogP contribution is -2.10.